The number of para-hydroxylation sites is 1. The minimum absolute atomic E-state index is 0.219. The molecule has 7 nitrogen and oxygen atoms in total. The van der Waals surface area contributed by atoms with E-state index in [4.69, 9.17) is 4.74 Å². The summed E-state index contributed by atoms with van der Waals surface area (Å²) < 4.78 is 19.7. The lowest BCUT2D eigenvalue weighted by Crippen LogP contribution is -2.59. The van der Waals surface area contributed by atoms with Crippen molar-refractivity contribution in [2.24, 2.45) is 0 Å². The molecule has 2 N–H and O–H groups in total. The van der Waals surface area contributed by atoms with Crippen LogP contribution in [0.1, 0.15) is 16.8 Å². The number of hydrogen-bond acceptors (Lipinski definition) is 6. The van der Waals surface area contributed by atoms with Crippen molar-refractivity contribution in [3.05, 3.63) is 90.5 Å². The standard InChI is InChI=1S/C27H29FN4O3/c28-20-5-4-8-22(17-20)35-24-18-23(30-27(34)19-9-11-29-12-10-19)25(26(24)33)32-15-13-31(14-16-32)21-6-2-1-3-7-21/h1-12,17,23-26,33H,13-16,18H2,(H,30,34)/t23-,24-,25+,26+/m1/s1. The number of carbonyl (C=O) groups is 1. The first kappa shape index (κ1) is 23.3. The highest BCUT2D eigenvalue weighted by atomic mass is 19.1. The highest BCUT2D eigenvalue weighted by Crippen LogP contribution is 2.31. The first-order valence-corrected chi connectivity index (χ1v) is 11.9. The lowest BCUT2D eigenvalue weighted by Gasteiger charge is -2.42. The number of anilines is 1. The number of halogens is 1. The highest BCUT2D eigenvalue weighted by Gasteiger charge is 2.48. The summed E-state index contributed by atoms with van der Waals surface area (Å²) in [7, 11) is 0. The molecule has 0 spiro atoms. The Morgan fingerprint density at radius 2 is 1.74 bits per heavy atom. The molecular formula is C27H29FN4O3. The van der Waals surface area contributed by atoms with Crippen molar-refractivity contribution < 1.29 is 19.0 Å². The molecular weight excluding hydrogens is 447 g/mol. The van der Waals surface area contributed by atoms with Gasteiger partial charge >= 0.3 is 0 Å². The summed E-state index contributed by atoms with van der Waals surface area (Å²) in [5.74, 6) is -0.252. The molecule has 1 aliphatic carbocycles. The van der Waals surface area contributed by atoms with Crippen molar-refractivity contribution >= 4 is 11.6 Å². The van der Waals surface area contributed by atoms with Gasteiger partial charge in [-0.3, -0.25) is 14.7 Å². The Morgan fingerprint density at radius 3 is 2.46 bits per heavy atom. The van der Waals surface area contributed by atoms with Crippen LogP contribution in [0.3, 0.4) is 0 Å². The van der Waals surface area contributed by atoms with Gasteiger partial charge in [0.1, 0.15) is 23.8 Å². The van der Waals surface area contributed by atoms with Gasteiger partial charge in [0.2, 0.25) is 0 Å². The zero-order valence-corrected chi connectivity index (χ0v) is 19.3. The number of aliphatic hydroxyl groups excluding tert-OH is 1. The van der Waals surface area contributed by atoms with Crippen LogP contribution in [0, 0.1) is 5.82 Å². The van der Waals surface area contributed by atoms with E-state index in [2.05, 4.69) is 32.2 Å². The summed E-state index contributed by atoms with van der Waals surface area (Å²) >= 11 is 0. The summed E-state index contributed by atoms with van der Waals surface area (Å²) in [6, 6.07) is 18.8. The Morgan fingerprint density at radius 1 is 1.00 bits per heavy atom. The molecule has 1 saturated heterocycles. The van der Waals surface area contributed by atoms with E-state index >= 15 is 0 Å². The number of rotatable bonds is 6. The average Bonchev–Trinajstić information content (AvgIpc) is 3.19. The maximum Gasteiger partial charge on any atom is 0.251 e. The van der Waals surface area contributed by atoms with E-state index in [0.717, 1.165) is 26.2 Å². The lowest BCUT2D eigenvalue weighted by atomic mass is 10.1. The van der Waals surface area contributed by atoms with E-state index in [1.54, 1.807) is 36.7 Å². The number of aliphatic hydroxyl groups is 1. The van der Waals surface area contributed by atoms with Crippen molar-refractivity contribution in [1.82, 2.24) is 15.2 Å². The Balaban J connectivity index is 1.32. The van der Waals surface area contributed by atoms with Crippen LogP contribution in [0.25, 0.3) is 0 Å². The van der Waals surface area contributed by atoms with Gasteiger partial charge < -0.3 is 20.1 Å². The second kappa shape index (κ2) is 10.4. The van der Waals surface area contributed by atoms with E-state index < -0.39 is 18.0 Å². The van der Waals surface area contributed by atoms with E-state index in [1.807, 2.05) is 18.2 Å². The number of hydrogen-bond donors (Lipinski definition) is 2. The normalized spacial score (nSPS) is 24.8. The van der Waals surface area contributed by atoms with Gasteiger partial charge in [-0.05, 0) is 36.4 Å². The molecule has 2 aliphatic rings. The van der Waals surface area contributed by atoms with Crippen LogP contribution < -0.4 is 15.0 Å². The number of piperazine rings is 1. The maximum atomic E-state index is 13.7. The topological polar surface area (TPSA) is 77.9 Å². The minimum atomic E-state index is -0.843. The Bertz CT molecular complexity index is 1130. The molecule has 3 aromatic rings. The van der Waals surface area contributed by atoms with Gasteiger partial charge in [-0.15, -0.1) is 0 Å². The molecule has 2 fully saturated rings. The lowest BCUT2D eigenvalue weighted by molar-refractivity contribution is 0.00528. The summed E-state index contributed by atoms with van der Waals surface area (Å²) in [6.07, 6.45) is 2.15. The van der Waals surface area contributed by atoms with Crippen LogP contribution in [-0.4, -0.2) is 71.4 Å². The number of aromatic nitrogens is 1. The third-order valence-corrected chi connectivity index (χ3v) is 6.83. The molecule has 1 amide bonds. The number of pyridine rings is 1. The van der Waals surface area contributed by atoms with Crippen LogP contribution in [0.5, 0.6) is 5.75 Å². The van der Waals surface area contributed by atoms with Crippen LogP contribution in [0.2, 0.25) is 0 Å². The van der Waals surface area contributed by atoms with Crippen LogP contribution in [0.15, 0.2) is 79.1 Å². The molecule has 2 aromatic carbocycles. The predicted octanol–water partition coefficient (Wildman–Crippen LogP) is 2.72. The van der Waals surface area contributed by atoms with Crippen molar-refractivity contribution in [3.63, 3.8) is 0 Å². The number of carbonyl (C=O) groups excluding carboxylic acids is 1. The molecule has 0 bridgehead atoms. The molecule has 35 heavy (non-hydrogen) atoms. The molecule has 0 unspecified atom stereocenters. The number of benzene rings is 2. The minimum Gasteiger partial charge on any atom is -0.487 e. The van der Waals surface area contributed by atoms with Crippen LogP contribution in [-0.2, 0) is 0 Å². The fraction of sp³-hybridized carbons (Fsp3) is 0.333. The van der Waals surface area contributed by atoms with E-state index in [1.165, 1.54) is 17.8 Å². The fourth-order valence-electron chi connectivity index (χ4n) is 5.11. The zero-order valence-electron chi connectivity index (χ0n) is 19.3. The Kier molecular flexibility index (Phi) is 6.92. The average molecular weight is 477 g/mol. The van der Waals surface area contributed by atoms with Gasteiger partial charge in [0.05, 0.1) is 12.1 Å². The quantitative estimate of drug-likeness (QED) is 0.570. The van der Waals surface area contributed by atoms with E-state index in [-0.39, 0.29) is 18.0 Å². The van der Waals surface area contributed by atoms with Crippen molar-refractivity contribution in [3.8, 4) is 5.75 Å². The molecule has 1 saturated carbocycles. The van der Waals surface area contributed by atoms with E-state index in [9.17, 15) is 14.3 Å². The fourth-order valence-corrected chi connectivity index (χ4v) is 5.11. The van der Waals surface area contributed by atoms with Gasteiger partial charge in [-0.2, -0.15) is 0 Å². The van der Waals surface area contributed by atoms with Crippen LogP contribution in [0.4, 0.5) is 10.1 Å². The Hall–Kier alpha value is -3.49. The maximum absolute atomic E-state index is 13.7. The third-order valence-electron chi connectivity index (χ3n) is 6.83. The highest BCUT2D eigenvalue weighted by molar-refractivity contribution is 5.94. The van der Waals surface area contributed by atoms with Crippen LogP contribution >= 0.6 is 0 Å². The number of nitrogens with zero attached hydrogens (tertiary/aromatic N) is 3. The molecule has 0 radical (unpaired) electrons. The second-order valence-electron chi connectivity index (χ2n) is 9.00. The summed E-state index contributed by atoms with van der Waals surface area (Å²) in [5, 5.41) is 14.4. The molecule has 182 valence electrons. The number of amides is 1. The summed E-state index contributed by atoms with van der Waals surface area (Å²) in [5.41, 5.74) is 1.69. The van der Waals surface area contributed by atoms with Gasteiger partial charge in [-0.1, -0.05) is 24.3 Å². The zero-order chi connectivity index (χ0) is 24.2. The second-order valence-corrected chi connectivity index (χ2v) is 9.00. The monoisotopic (exact) mass is 476 g/mol. The largest absolute Gasteiger partial charge is 0.487 e. The summed E-state index contributed by atoms with van der Waals surface area (Å²) in [6.45, 7) is 3.11. The predicted molar refractivity (Wildman–Crippen MR) is 131 cm³/mol. The molecule has 8 heteroatoms. The summed E-state index contributed by atoms with van der Waals surface area (Å²) in [4.78, 5) is 21.5. The van der Waals surface area contributed by atoms with Crippen molar-refractivity contribution in [2.75, 3.05) is 31.1 Å². The van der Waals surface area contributed by atoms with Crippen molar-refractivity contribution in [1.29, 1.82) is 0 Å². The molecule has 1 aliphatic heterocycles. The number of ether oxygens (including phenoxy) is 1. The van der Waals surface area contributed by atoms with E-state index in [0.29, 0.717) is 17.7 Å². The first-order chi connectivity index (χ1) is 17.1. The SMILES string of the molecule is O=C(N[C@@H]1C[C@@H](Oc2cccc(F)c2)[C@H](O)[C@H]1N1CCN(c2ccccc2)CC1)c1ccncc1. The smallest absolute Gasteiger partial charge is 0.251 e. The first-order valence-electron chi connectivity index (χ1n) is 11.9. The van der Waals surface area contributed by atoms with Gasteiger partial charge in [0, 0.05) is 62.3 Å². The molecule has 5 rings (SSSR count). The van der Waals surface area contributed by atoms with Crippen molar-refractivity contribution in [2.45, 2.75) is 30.7 Å². The Labute approximate surface area is 204 Å². The number of nitrogens with one attached hydrogen (secondary N) is 1. The van der Waals surface area contributed by atoms with Gasteiger partial charge in [0.25, 0.3) is 5.91 Å². The molecule has 2 heterocycles. The van der Waals surface area contributed by atoms with Gasteiger partial charge in [0.15, 0.2) is 0 Å². The third kappa shape index (κ3) is 5.28. The molecule has 4 atom stereocenters. The molecule has 1 aromatic heterocycles. The van der Waals surface area contributed by atoms with Gasteiger partial charge in [-0.25, -0.2) is 4.39 Å².